The van der Waals surface area contributed by atoms with Gasteiger partial charge in [-0.3, -0.25) is 4.79 Å². The highest BCUT2D eigenvalue weighted by molar-refractivity contribution is 9.10. The Morgan fingerprint density at radius 1 is 1.09 bits per heavy atom. The lowest BCUT2D eigenvalue weighted by Crippen LogP contribution is -2.12. The summed E-state index contributed by atoms with van der Waals surface area (Å²) in [5.41, 5.74) is 4.95. The first-order chi connectivity index (χ1) is 16.8. The molecule has 0 bridgehead atoms. The number of ether oxygens (including phenoxy) is 3. The molecule has 0 aliphatic carbocycles. The number of carbonyl (C=O) groups is 2. The molecule has 6 nitrogen and oxygen atoms in total. The van der Waals surface area contributed by atoms with Crippen molar-refractivity contribution in [2.24, 2.45) is 0 Å². The normalized spacial score (nSPS) is 10.9. The van der Waals surface area contributed by atoms with Crippen molar-refractivity contribution < 1.29 is 23.8 Å². The number of nitrogens with one attached hydrogen (secondary N) is 1. The van der Waals surface area contributed by atoms with Crippen LogP contribution in [0.4, 0.5) is 5.00 Å². The van der Waals surface area contributed by atoms with Gasteiger partial charge in [-0.2, -0.15) is 0 Å². The van der Waals surface area contributed by atoms with Gasteiger partial charge in [-0.1, -0.05) is 23.8 Å². The molecule has 0 atom stereocenters. The molecule has 8 heteroatoms. The number of anilines is 1. The first kappa shape index (κ1) is 26.5. The van der Waals surface area contributed by atoms with Crippen LogP contribution in [0.25, 0.3) is 17.2 Å². The van der Waals surface area contributed by atoms with Gasteiger partial charge in [0.25, 0.3) is 0 Å². The predicted octanol–water partition coefficient (Wildman–Crippen LogP) is 7.03. The lowest BCUT2D eigenvalue weighted by molar-refractivity contribution is -0.111. The second-order valence-corrected chi connectivity index (χ2v) is 9.42. The van der Waals surface area contributed by atoms with Crippen LogP contribution in [0, 0.1) is 13.8 Å². The molecule has 0 saturated heterocycles. The van der Waals surface area contributed by atoms with E-state index in [-0.39, 0.29) is 12.5 Å². The fourth-order valence-corrected chi connectivity index (χ4v) is 5.14. The smallest absolute Gasteiger partial charge is 0.341 e. The van der Waals surface area contributed by atoms with Gasteiger partial charge >= 0.3 is 5.97 Å². The molecule has 0 radical (unpaired) electrons. The van der Waals surface area contributed by atoms with E-state index < -0.39 is 5.97 Å². The number of carbonyl (C=O) groups excluding carboxylic acids is 2. The first-order valence-electron chi connectivity index (χ1n) is 11.1. The van der Waals surface area contributed by atoms with Gasteiger partial charge in [-0.05, 0) is 78.5 Å². The Kier molecular flexibility index (Phi) is 9.12. The van der Waals surface area contributed by atoms with Crippen LogP contribution in [0.3, 0.4) is 0 Å². The van der Waals surface area contributed by atoms with Crippen molar-refractivity contribution in [2.75, 3.05) is 25.6 Å². The Morgan fingerprint density at radius 3 is 2.51 bits per heavy atom. The summed E-state index contributed by atoms with van der Waals surface area (Å²) < 4.78 is 17.0. The van der Waals surface area contributed by atoms with Crippen molar-refractivity contribution in [1.82, 2.24) is 0 Å². The van der Waals surface area contributed by atoms with E-state index in [1.807, 2.05) is 44.4 Å². The molecule has 0 aliphatic heterocycles. The van der Waals surface area contributed by atoms with Crippen LogP contribution in [-0.4, -0.2) is 32.2 Å². The zero-order valence-corrected chi connectivity index (χ0v) is 22.8. The SMILES string of the molecule is CCOC(=O)c1c(-c2ccc(C)cc2C)csc1NC(=O)/C=C/c1cc(Br)c(OCC)c(OC)c1. The van der Waals surface area contributed by atoms with E-state index in [4.69, 9.17) is 14.2 Å². The van der Waals surface area contributed by atoms with E-state index in [1.165, 1.54) is 17.4 Å². The molecule has 0 fully saturated rings. The van der Waals surface area contributed by atoms with E-state index in [1.54, 1.807) is 26.2 Å². The number of halogens is 1. The third-order valence-corrected chi connectivity index (χ3v) is 6.63. The fourth-order valence-electron chi connectivity index (χ4n) is 3.62. The van der Waals surface area contributed by atoms with Gasteiger partial charge in [0, 0.05) is 17.0 Å². The Hall–Kier alpha value is -3.10. The number of esters is 1. The van der Waals surface area contributed by atoms with Crippen molar-refractivity contribution in [3.63, 3.8) is 0 Å². The average molecular weight is 558 g/mol. The highest BCUT2D eigenvalue weighted by Gasteiger charge is 2.23. The van der Waals surface area contributed by atoms with Crippen molar-refractivity contribution in [3.05, 3.63) is 68.5 Å². The van der Waals surface area contributed by atoms with Gasteiger partial charge in [0.15, 0.2) is 11.5 Å². The molecule has 35 heavy (non-hydrogen) atoms. The van der Waals surface area contributed by atoms with Gasteiger partial charge in [0.2, 0.25) is 5.91 Å². The summed E-state index contributed by atoms with van der Waals surface area (Å²) >= 11 is 4.78. The number of hydrogen-bond acceptors (Lipinski definition) is 6. The Morgan fingerprint density at radius 2 is 1.86 bits per heavy atom. The van der Waals surface area contributed by atoms with Gasteiger partial charge in [-0.25, -0.2) is 4.79 Å². The van der Waals surface area contributed by atoms with Crippen LogP contribution in [0.1, 0.15) is 40.9 Å². The third kappa shape index (κ3) is 6.32. The largest absolute Gasteiger partial charge is 0.493 e. The minimum atomic E-state index is -0.469. The van der Waals surface area contributed by atoms with Crippen molar-refractivity contribution in [1.29, 1.82) is 0 Å². The maximum Gasteiger partial charge on any atom is 0.341 e. The highest BCUT2D eigenvalue weighted by atomic mass is 79.9. The van der Waals surface area contributed by atoms with E-state index in [0.29, 0.717) is 28.7 Å². The summed E-state index contributed by atoms with van der Waals surface area (Å²) in [6.07, 6.45) is 3.08. The van der Waals surface area contributed by atoms with Gasteiger partial charge in [0.1, 0.15) is 10.6 Å². The topological polar surface area (TPSA) is 73.9 Å². The number of hydrogen-bond donors (Lipinski definition) is 1. The lowest BCUT2D eigenvalue weighted by Gasteiger charge is -2.12. The zero-order chi connectivity index (χ0) is 25.5. The number of thiophene rings is 1. The minimum Gasteiger partial charge on any atom is -0.493 e. The summed E-state index contributed by atoms with van der Waals surface area (Å²) in [6.45, 7) is 8.41. The number of methoxy groups -OCH3 is 1. The zero-order valence-electron chi connectivity index (χ0n) is 20.4. The average Bonchev–Trinajstić information content (AvgIpc) is 3.22. The molecular formula is C27H28BrNO5S. The summed E-state index contributed by atoms with van der Waals surface area (Å²) in [7, 11) is 1.56. The van der Waals surface area contributed by atoms with Gasteiger partial charge in [0.05, 0.1) is 24.8 Å². The molecule has 3 rings (SSSR count). The van der Waals surface area contributed by atoms with Crippen molar-refractivity contribution >= 4 is 50.2 Å². The van der Waals surface area contributed by atoms with Crippen molar-refractivity contribution in [3.8, 4) is 22.6 Å². The van der Waals surface area contributed by atoms with Crippen LogP contribution in [0.2, 0.25) is 0 Å². The molecule has 0 spiro atoms. The molecule has 1 N–H and O–H groups in total. The van der Waals surface area contributed by atoms with Gasteiger partial charge in [-0.15, -0.1) is 11.3 Å². The predicted molar refractivity (Wildman–Crippen MR) is 145 cm³/mol. The maximum atomic E-state index is 12.8. The van der Waals surface area contributed by atoms with Crippen LogP contribution < -0.4 is 14.8 Å². The van der Waals surface area contributed by atoms with Crippen LogP contribution >= 0.6 is 27.3 Å². The molecule has 1 heterocycles. The van der Waals surface area contributed by atoms with Crippen molar-refractivity contribution in [2.45, 2.75) is 27.7 Å². The molecule has 0 saturated carbocycles. The lowest BCUT2D eigenvalue weighted by atomic mass is 9.97. The fraction of sp³-hybridized carbons (Fsp3) is 0.259. The van der Waals surface area contributed by atoms with Crippen LogP contribution in [0.5, 0.6) is 11.5 Å². The van der Waals surface area contributed by atoms with Crippen LogP contribution in [0.15, 0.2) is 46.3 Å². The minimum absolute atomic E-state index is 0.239. The standard InChI is InChI=1S/C27H28BrNO5S/c1-6-33-25-21(28)13-18(14-22(25)32-5)9-11-23(30)29-26-24(27(31)34-7-2)20(15-35-26)19-10-8-16(3)12-17(19)4/h8-15H,6-7H2,1-5H3,(H,29,30)/b11-9+. The highest BCUT2D eigenvalue weighted by Crippen LogP contribution is 2.39. The van der Waals surface area contributed by atoms with Gasteiger partial charge < -0.3 is 19.5 Å². The van der Waals surface area contributed by atoms with E-state index >= 15 is 0 Å². The van der Waals surface area contributed by atoms with E-state index in [9.17, 15) is 9.59 Å². The second kappa shape index (κ2) is 12.0. The van der Waals surface area contributed by atoms with E-state index in [0.717, 1.165) is 32.3 Å². The van der Waals surface area contributed by atoms with Crippen LogP contribution in [-0.2, 0) is 9.53 Å². The second-order valence-electron chi connectivity index (χ2n) is 7.68. The molecule has 1 amide bonds. The summed E-state index contributed by atoms with van der Waals surface area (Å²) in [5, 5.41) is 5.16. The number of rotatable bonds is 9. The number of amides is 1. The summed E-state index contributed by atoms with van der Waals surface area (Å²) in [6, 6.07) is 9.67. The molecular weight excluding hydrogens is 530 g/mol. The molecule has 1 aromatic heterocycles. The Balaban J connectivity index is 1.89. The maximum absolute atomic E-state index is 12.8. The summed E-state index contributed by atoms with van der Waals surface area (Å²) in [5.74, 6) is 0.326. The molecule has 2 aromatic carbocycles. The molecule has 0 unspecified atom stereocenters. The Bertz CT molecular complexity index is 1260. The Labute approximate surface area is 218 Å². The third-order valence-electron chi connectivity index (χ3n) is 5.15. The summed E-state index contributed by atoms with van der Waals surface area (Å²) in [4.78, 5) is 25.6. The molecule has 0 aliphatic rings. The molecule has 184 valence electrons. The quantitative estimate of drug-likeness (QED) is 0.226. The number of aryl methyl sites for hydroxylation is 2. The monoisotopic (exact) mass is 557 g/mol. The first-order valence-corrected chi connectivity index (χ1v) is 12.8. The molecule has 3 aromatic rings. The number of benzene rings is 2. The van der Waals surface area contributed by atoms with E-state index in [2.05, 4.69) is 27.3 Å².